The molecule has 0 radical (unpaired) electrons. The lowest BCUT2D eigenvalue weighted by Crippen LogP contribution is -2.34. The molecule has 0 heterocycles. The molecule has 0 fully saturated rings. The van der Waals surface area contributed by atoms with Crippen LogP contribution in [0, 0.1) is 5.92 Å². The number of carbonyl (C=O) groups is 2. The van der Waals surface area contributed by atoms with Crippen molar-refractivity contribution in [2.24, 2.45) is 5.92 Å². The van der Waals surface area contributed by atoms with Crippen molar-refractivity contribution in [3.05, 3.63) is 28.2 Å². The van der Waals surface area contributed by atoms with Crippen LogP contribution < -0.4 is 4.74 Å². The van der Waals surface area contributed by atoms with Gasteiger partial charge in [0.05, 0.1) is 12.7 Å². The molecule has 0 aliphatic heterocycles. The van der Waals surface area contributed by atoms with Crippen LogP contribution in [0.3, 0.4) is 0 Å². The SMILES string of the molecule is CCC(=O)c1cc(Br)ccc1OC(C(=O)OC)C(C)C. The third-order valence-corrected chi connectivity index (χ3v) is 3.35. The molecule has 0 saturated heterocycles. The van der Waals surface area contributed by atoms with Crippen LogP contribution >= 0.6 is 15.9 Å². The average Bonchev–Trinajstić information content (AvgIpc) is 2.43. The van der Waals surface area contributed by atoms with Gasteiger partial charge in [0.2, 0.25) is 0 Å². The molecule has 0 N–H and O–H groups in total. The lowest BCUT2D eigenvalue weighted by Gasteiger charge is -2.21. The van der Waals surface area contributed by atoms with Crippen LogP contribution in [-0.4, -0.2) is 25.0 Å². The molecular weight excluding hydrogens is 324 g/mol. The van der Waals surface area contributed by atoms with E-state index in [1.807, 2.05) is 13.8 Å². The third-order valence-electron chi connectivity index (χ3n) is 2.86. The fraction of sp³-hybridized carbons (Fsp3) is 0.467. The Balaban J connectivity index is 3.12. The minimum atomic E-state index is -0.732. The van der Waals surface area contributed by atoms with E-state index in [1.54, 1.807) is 25.1 Å². The first-order valence-corrected chi connectivity index (χ1v) is 7.27. The Morgan fingerprint density at radius 1 is 1.30 bits per heavy atom. The molecular formula is C15H19BrO4. The molecule has 0 aliphatic carbocycles. The van der Waals surface area contributed by atoms with Crippen molar-refractivity contribution < 1.29 is 19.1 Å². The van der Waals surface area contributed by atoms with Gasteiger partial charge in [0, 0.05) is 16.8 Å². The Bertz CT molecular complexity index is 497. The monoisotopic (exact) mass is 342 g/mol. The molecule has 0 saturated carbocycles. The highest BCUT2D eigenvalue weighted by molar-refractivity contribution is 9.10. The smallest absolute Gasteiger partial charge is 0.347 e. The lowest BCUT2D eigenvalue weighted by atomic mass is 10.1. The van der Waals surface area contributed by atoms with Crippen molar-refractivity contribution in [1.82, 2.24) is 0 Å². The van der Waals surface area contributed by atoms with Crippen molar-refractivity contribution in [2.75, 3.05) is 7.11 Å². The highest BCUT2D eigenvalue weighted by Gasteiger charge is 2.26. The molecule has 110 valence electrons. The molecule has 1 unspecified atom stereocenters. The van der Waals surface area contributed by atoms with Crippen LogP contribution in [0.4, 0.5) is 0 Å². The van der Waals surface area contributed by atoms with Gasteiger partial charge < -0.3 is 9.47 Å². The Kier molecular flexibility index (Phi) is 6.20. The second kappa shape index (κ2) is 7.43. The summed E-state index contributed by atoms with van der Waals surface area (Å²) >= 11 is 3.33. The third kappa shape index (κ3) is 4.07. The zero-order valence-corrected chi connectivity index (χ0v) is 13.7. The predicted molar refractivity (Wildman–Crippen MR) is 80.0 cm³/mol. The van der Waals surface area contributed by atoms with Gasteiger partial charge in [0.1, 0.15) is 5.75 Å². The van der Waals surface area contributed by atoms with Gasteiger partial charge in [-0.25, -0.2) is 4.79 Å². The van der Waals surface area contributed by atoms with Crippen LogP contribution in [0.2, 0.25) is 0 Å². The summed E-state index contributed by atoms with van der Waals surface area (Å²) in [4.78, 5) is 23.7. The molecule has 1 aromatic carbocycles. The summed E-state index contributed by atoms with van der Waals surface area (Å²) in [6.07, 6.45) is -0.359. The Labute approximate surface area is 127 Å². The van der Waals surface area contributed by atoms with Crippen LogP contribution in [0.5, 0.6) is 5.75 Å². The quantitative estimate of drug-likeness (QED) is 0.585. The van der Waals surface area contributed by atoms with Crippen molar-refractivity contribution in [3.8, 4) is 5.75 Å². The first-order chi connectivity index (χ1) is 9.40. The molecule has 0 amide bonds. The van der Waals surface area contributed by atoms with E-state index in [4.69, 9.17) is 9.47 Å². The van der Waals surface area contributed by atoms with E-state index in [0.717, 1.165) is 4.47 Å². The summed E-state index contributed by atoms with van der Waals surface area (Å²) in [5.41, 5.74) is 0.469. The van der Waals surface area contributed by atoms with E-state index >= 15 is 0 Å². The van der Waals surface area contributed by atoms with Crippen LogP contribution in [0.1, 0.15) is 37.6 Å². The van der Waals surface area contributed by atoms with Crippen molar-refractivity contribution in [2.45, 2.75) is 33.3 Å². The minimum absolute atomic E-state index is 0.0336. The summed E-state index contributed by atoms with van der Waals surface area (Å²) in [5.74, 6) is -0.133. The van der Waals surface area contributed by atoms with Gasteiger partial charge in [-0.2, -0.15) is 0 Å². The maximum Gasteiger partial charge on any atom is 0.347 e. The minimum Gasteiger partial charge on any atom is -0.478 e. The molecule has 5 heteroatoms. The molecule has 20 heavy (non-hydrogen) atoms. The fourth-order valence-corrected chi connectivity index (χ4v) is 2.08. The number of hydrogen-bond acceptors (Lipinski definition) is 4. The van der Waals surface area contributed by atoms with Gasteiger partial charge in [-0.1, -0.05) is 36.7 Å². The maximum atomic E-state index is 12.0. The van der Waals surface area contributed by atoms with Gasteiger partial charge in [-0.3, -0.25) is 4.79 Å². The number of carbonyl (C=O) groups excluding carboxylic acids is 2. The topological polar surface area (TPSA) is 52.6 Å². The van der Waals surface area contributed by atoms with E-state index in [1.165, 1.54) is 7.11 Å². The molecule has 4 nitrogen and oxygen atoms in total. The van der Waals surface area contributed by atoms with E-state index in [0.29, 0.717) is 17.7 Å². The van der Waals surface area contributed by atoms with E-state index in [9.17, 15) is 9.59 Å². The molecule has 1 aromatic rings. The average molecular weight is 343 g/mol. The second-order valence-electron chi connectivity index (χ2n) is 4.72. The number of rotatable bonds is 6. The fourth-order valence-electron chi connectivity index (χ4n) is 1.72. The number of hydrogen-bond donors (Lipinski definition) is 0. The number of Topliss-reactive ketones (excluding diaryl/α,β-unsaturated/α-hetero) is 1. The first kappa shape index (κ1) is 16.7. The van der Waals surface area contributed by atoms with E-state index in [2.05, 4.69) is 15.9 Å². The maximum absolute atomic E-state index is 12.0. The largest absolute Gasteiger partial charge is 0.478 e. The Morgan fingerprint density at radius 3 is 2.45 bits per heavy atom. The number of ether oxygens (including phenoxy) is 2. The van der Waals surface area contributed by atoms with Gasteiger partial charge in [-0.05, 0) is 18.2 Å². The molecule has 0 aromatic heterocycles. The highest BCUT2D eigenvalue weighted by atomic mass is 79.9. The van der Waals surface area contributed by atoms with Gasteiger partial charge in [-0.15, -0.1) is 0 Å². The molecule has 0 aliphatic rings. The number of esters is 1. The molecule has 1 rings (SSSR count). The molecule has 0 spiro atoms. The van der Waals surface area contributed by atoms with Gasteiger partial charge in [0.25, 0.3) is 0 Å². The van der Waals surface area contributed by atoms with Gasteiger partial charge >= 0.3 is 5.97 Å². The Hall–Kier alpha value is -1.36. The van der Waals surface area contributed by atoms with Gasteiger partial charge in [0.15, 0.2) is 11.9 Å². The van der Waals surface area contributed by atoms with Crippen LogP contribution in [-0.2, 0) is 9.53 Å². The summed E-state index contributed by atoms with van der Waals surface area (Å²) < 4.78 is 11.3. The van der Waals surface area contributed by atoms with Crippen molar-refractivity contribution >= 4 is 27.7 Å². The van der Waals surface area contributed by atoms with Crippen molar-refractivity contribution in [3.63, 3.8) is 0 Å². The summed E-state index contributed by atoms with van der Waals surface area (Å²) in [7, 11) is 1.32. The van der Waals surface area contributed by atoms with Crippen LogP contribution in [0.15, 0.2) is 22.7 Å². The van der Waals surface area contributed by atoms with E-state index < -0.39 is 12.1 Å². The second-order valence-corrected chi connectivity index (χ2v) is 5.64. The Morgan fingerprint density at radius 2 is 1.95 bits per heavy atom. The number of methoxy groups -OCH3 is 1. The summed E-state index contributed by atoms with van der Waals surface area (Å²) in [5, 5.41) is 0. The standard InChI is InChI=1S/C15H19BrO4/c1-5-12(17)11-8-10(16)6-7-13(11)20-14(9(2)3)15(18)19-4/h6-9,14H,5H2,1-4H3. The number of halogens is 1. The first-order valence-electron chi connectivity index (χ1n) is 6.47. The predicted octanol–water partition coefficient (Wildman–Crippen LogP) is 3.62. The number of ketones is 1. The summed E-state index contributed by atoms with van der Waals surface area (Å²) in [6.45, 7) is 5.51. The lowest BCUT2D eigenvalue weighted by molar-refractivity contribution is -0.150. The van der Waals surface area contributed by atoms with Crippen LogP contribution in [0.25, 0.3) is 0 Å². The zero-order valence-electron chi connectivity index (χ0n) is 12.1. The van der Waals surface area contributed by atoms with Crippen molar-refractivity contribution in [1.29, 1.82) is 0 Å². The molecule has 0 bridgehead atoms. The summed E-state index contributed by atoms with van der Waals surface area (Å²) in [6, 6.07) is 5.16. The normalized spacial score (nSPS) is 12.1. The number of benzene rings is 1. The molecule has 1 atom stereocenters. The highest BCUT2D eigenvalue weighted by Crippen LogP contribution is 2.27. The zero-order chi connectivity index (χ0) is 15.3. The van der Waals surface area contributed by atoms with E-state index in [-0.39, 0.29) is 11.7 Å².